The highest BCUT2D eigenvalue weighted by Crippen LogP contribution is 2.07. The molecule has 14 heteroatoms. The molecule has 0 aliphatic carbocycles. The van der Waals surface area contributed by atoms with Gasteiger partial charge in [-0.05, 0) is 25.2 Å². The molecule has 0 aromatic heterocycles. The van der Waals surface area contributed by atoms with Crippen LogP contribution in [0.3, 0.4) is 0 Å². The highest BCUT2D eigenvalue weighted by Gasteiger charge is 2.29. The van der Waals surface area contributed by atoms with Crippen LogP contribution in [0.4, 0.5) is 0 Å². The lowest BCUT2D eigenvalue weighted by molar-refractivity contribution is -0.146. The van der Waals surface area contributed by atoms with Crippen LogP contribution in [0, 0.1) is 5.92 Å². The summed E-state index contributed by atoms with van der Waals surface area (Å²) < 4.78 is 4.65. The van der Waals surface area contributed by atoms with Crippen molar-refractivity contribution >= 4 is 35.6 Å². The standard InChI is InChI=1S/C19H35N7O7/c1-10(2)7-13(18(32)33-3)26-17(31)12(8-15(28)29)25-14(27)9-24-16(30)11(20)5-4-6-23-19(21)22/h10-13H,4-9,20H2,1-3H3,(H,24,30)(H,25,27)(H,26,31)(H,28,29)(H4,21,22,23). The third-order valence-corrected chi connectivity index (χ3v) is 4.27. The number of carboxylic acid groups (broad SMARTS) is 1. The number of carboxylic acids is 1. The molecule has 0 aliphatic heterocycles. The van der Waals surface area contributed by atoms with Crippen molar-refractivity contribution in [2.24, 2.45) is 28.1 Å². The average Bonchev–Trinajstić information content (AvgIpc) is 2.72. The number of nitrogens with two attached hydrogens (primary N) is 3. The molecule has 0 saturated carbocycles. The first-order valence-electron chi connectivity index (χ1n) is 10.3. The quantitative estimate of drug-likeness (QED) is 0.0555. The third-order valence-electron chi connectivity index (χ3n) is 4.27. The molecule has 0 rings (SSSR count). The van der Waals surface area contributed by atoms with E-state index in [1.54, 1.807) is 0 Å². The summed E-state index contributed by atoms with van der Waals surface area (Å²) >= 11 is 0. The van der Waals surface area contributed by atoms with Gasteiger partial charge in [-0.3, -0.25) is 24.2 Å². The summed E-state index contributed by atoms with van der Waals surface area (Å²) in [7, 11) is 1.16. The predicted molar refractivity (Wildman–Crippen MR) is 118 cm³/mol. The molecule has 3 unspecified atom stereocenters. The number of amides is 3. The van der Waals surface area contributed by atoms with E-state index < -0.39 is 60.8 Å². The molecule has 0 aliphatic rings. The Morgan fingerprint density at radius 3 is 2.18 bits per heavy atom. The van der Waals surface area contributed by atoms with Gasteiger partial charge in [0.15, 0.2) is 5.96 Å². The predicted octanol–water partition coefficient (Wildman–Crippen LogP) is -2.85. The fraction of sp³-hybridized carbons (Fsp3) is 0.684. The molecule has 0 fully saturated rings. The molecule has 0 heterocycles. The van der Waals surface area contributed by atoms with E-state index in [-0.39, 0.29) is 24.7 Å². The molecule has 0 aromatic carbocycles. The van der Waals surface area contributed by atoms with Crippen molar-refractivity contribution in [2.45, 2.75) is 57.7 Å². The lowest BCUT2D eigenvalue weighted by Gasteiger charge is -2.22. The Morgan fingerprint density at radius 1 is 1.03 bits per heavy atom. The van der Waals surface area contributed by atoms with E-state index in [1.165, 1.54) is 0 Å². The monoisotopic (exact) mass is 473 g/mol. The number of carbonyl (C=O) groups is 5. The molecule has 0 radical (unpaired) electrons. The minimum absolute atomic E-state index is 0.0285. The van der Waals surface area contributed by atoms with Crippen molar-refractivity contribution in [3.05, 3.63) is 0 Å². The second-order valence-corrected chi connectivity index (χ2v) is 7.70. The average molecular weight is 474 g/mol. The molecular formula is C19H35N7O7. The van der Waals surface area contributed by atoms with Crippen molar-refractivity contribution in [1.82, 2.24) is 16.0 Å². The van der Waals surface area contributed by atoms with Crippen molar-refractivity contribution in [3.63, 3.8) is 0 Å². The number of nitrogens with one attached hydrogen (secondary N) is 3. The summed E-state index contributed by atoms with van der Waals surface area (Å²) in [5.41, 5.74) is 16.1. The van der Waals surface area contributed by atoms with E-state index >= 15 is 0 Å². The van der Waals surface area contributed by atoms with Crippen LogP contribution >= 0.6 is 0 Å². The summed E-state index contributed by atoms with van der Waals surface area (Å²) in [5, 5.41) is 16.0. The molecule has 0 bridgehead atoms. The van der Waals surface area contributed by atoms with Crippen LogP contribution in [-0.2, 0) is 28.7 Å². The van der Waals surface area contributed by atoms with Gasteiger partial charge in [-0.25, -0.2) is 4.79 Å². The first-order chi connectivity index (χ1) is 15.4. The van der Waals surface area contributed by atoms with Crippen LogP contribution in [-0.4, -0.2) is 79.1 Å². The number of hydrogen-bond acceptors (Lipinski definition) is 8. The van der Waals surface area contributed by atoms with Gasteiger partial charge in [0.05, 0.1) is 26.1 Å². The van der Waals surface area contributed by atoms with Gasteiger partial charge < -0.3 is 43.0 Å². The highest BCUT2D eigenvalue weighted by molar-refractivity contribution is 5.94. The number of esters is 1. The lowest BCUT2D eigenvalue weighted by Crippen LogP contribution is -2.54. The van der Waals surface area contributed by atoms with E-state index in [0.29, 0.717) is 13.0 Å². The third kappa shape index (κ3) is 13.6. The zero-order valence-electron chi connectivity index (χ0n) is 19.1. The van der Waals surface area contributed by atoms with Gasteiger partial charge in [0, 0.05) is 6.54 Å². The first-order valence-corrected chi connectivity index (χ1v) is 10.3. The van der Waals surface area contributed by atoms with Crippen molar-refractivity contribution in [2.75, 3.05) is 20.2 Å². The van der Waals surface area contributed by atoms with Crippen LogP contribution in [0.15, 0.2) is 4.99 Å². The van der Waals surface area contributed by atoms with Crippen LogP contribution in [0.1, 0.15) is 39.5 Å². The second-order valence-electron chi connectivity index (χ2n) is 7.70. The van der Waals surface area contributed by atoms with Gasteiger partial charge in [0.2, 0.25) is 17.7 Å². The summed E-state index contributed by atoms with van der Waals surface area (Å²) in [6, 6.07) is -3.39. The summed E-state index contributed by atoms with van der Waals surface area (Å²) in [6.07, 6.45) is 0.227. The van der Waals surface area contributed by atoms with E-state index in [2.05, 4.69) is 25.7 Å². The topological polar surface area (TPSA) is 241 Å². The summed E-state index contributed by atoms with van der Waals surface area (Å²) in [6.45, 7) is 3.41. The summed E-state index contributed by atoms with van der Waals surface area (Å²) in [5.74, 6) is -4.39. The Kier molecular flexibility index (Phi) is 13.8. The van der Waals surface area contributed by atoms with Gasteiger partial charge in [0.25, 0.3) is 0 Å². The van der Waals surface area contributed by atoms with Crippen LogP contribution in [0.2, 0.25) is 0 Å². The molecule has 188 valence electrons. The van der Waals surface area contributed by atoms with E-state index in [4.69, 9.17) is 22.3 Å². The van der Waals surface area contributed by atoms with Crippen molar-refractivity contribution in [3.8, 4) is 0 Å². The SMILES string of the molecule is COC(=O)C(CC(C)C)NC(=O)C(CC(=O)O)NC(=O)CNC(=O)C(N)CCCN=C(N)N. The number of aliphatic carboxylic acids is 1. The fourth-order valence-corrected chi connectivity index (χ4v) is 2.68. The number of aliphatic imine (C=N–C) groups is 1. The number of rotatable bonds is 15. The Labute approximate surface area is 192 Å². The molecule has 0 spiro atoms. The van der Waals surface area contributed by atoms with Crippen molar-refractivity contribution in [1.29, 1.82) is 0 Å². The minimum atomic E-state index is -1.47. The van der Waals surface area contributed by atoms with Gasteiger partial charge in [-0.1, -0.05) is 13.8 Å². The molecule has 0 aromatic rings. The number of carbonyl (C=O) groups excluding carboxylic acids is 4. The maximum atomic E-state index is 12.5. The molecule has 10 N–H and O–H groups in total. The zero-order chi connectivity index (χ0) is 25.6. The Morgan fingerprint density at radius 2 is 1.67 bits per heavy atom. The van der Waals surface area contributed by atoms with E-state index in [9.17, 15) is 24.0 Å². The number of nitrogens with zero attached hydrogens (tertiary/aromatic N) is 1. The van der Waals surface area contributed by atoms with Crippen LogP contribution < -0.4 is 33.2 Å². The number of guanidine groups is 1. The highest BCUT2D eigenvalue weighted by atomic mass is 16.5. The number of hydrogen-bond donors (Lipinski definition) is 7. The molecule has 3 atom stereocenters. The first kappa shape index (κ1) is 29.6. The Balaban J connectivity index is 4.87. The molecule has 33 heavy (non-hydrogen) atoms. The van der Waals surface area contributed by atoms with Crippen molar-refractivity contribution < 1.29 is 33.8 Å². The molecular weight excluding hydrogens is 438 g/mol. The van der Waals surface area contributed by atoms with Gasteiger partial charge in [-0.15, -0.1) is 0 Å². The molecule has 0 saturated heterocycles. The second kappa shape index (κ2) is 15.4. The maximum absolute atomic E-state index is 12.5. The zero-order valence-corrected chi connectivity index (χ0v) is 19.1. The molecule has 3 amide bonds. The lowest BCUT2D eigenvalue weighted by atomic mass is 10.0. The number of methoxy groups -OCH3 is 1. The Bertz CT molecular complexity index is 723. The minimum Gasteiger partial charge on any atom is -0.481 e. The van der Waals surface area contributed by atoms with Gasteiger partial charge in [0.1, 0.15) is 12.1 Å². The largest absolute Gasteiger partial charge is 0.481 e. The molecule has 14 nitrogen and oxygen atoms in total. The van der Waals surface area contributed by atoms with Crippen LogP contribution in [0.5, 0.6) is 0 Å². The Hall–Kier alpha value is -3.42. The van der Waals surface area contributed by atoms with Gasteiger partial charge >= 0.3 is 11.9 Å². The summed E-state index contributed by atoms with van der Waals surface area (Å²) in [4.78, 5) is 63.5. The normalized spacial score (nSPS) is 13.2. The van der Waals surface area contributed by atoms with E-state index in [1.807, 2.05) is 13.8 Å². The van der Waals surface area contributed by atoms with Crippen LogP contribution in [0.25, 0.3) is 0 Å². The smallest absolute Gasteiger partial charge is 0.328 e. The maximum Gasteiger partial charge on any atom is 0.328 e. The number of ether oxygens (including phenoxy) is 1. The van der Waals surface area contributed by atoms with E-state index in [0.717, 1.165) is 7.11 Å². The fourth-order valence-electron chi connectivity index (χ4n) is 2.68. The van der Waals surface area contributed by atoms with Gasteiger partial charge in [-0.2, -0.15) is 0 Å².